The van der Waals surface area contributed by atoms with Crippen molar-refractivity contribution in [2.45, 2.75) is 17.4 Å². The Hall–Kier alpha value is -2.44. The van der Waals surface area contributed by atoms with Crippen molar-refractivity contribution in [3.8, 4) is 5.75 Å². The van der Waals surface area contributed by atoms with E-state index >= 15 is 0 Å². The molecular formula is C14H16N6O4S2. The van der Waals surface area contributed by atoms with Crippen LogP contribution in [-0.4, -0.2) is 46.2 Å². The lowest BCUT2D eigenvalue weighted by Gasteiger charge is -2.06. The molecule has 0 saturated carbocycles. The highest BCUT2D eigenvalue weighted by Gasteiger charge is 2.23. The Kier molecular flexibility index (Phi) is 5.25. The number of fused-ring (bicyclic) bond motifs is 1. The molecule has 3 rings (SSSR count). The summed E-state index contributed by atoms with van der Waals surface area (Å²) in [7, 11) is -2.42. The van der Waals surface area contributed by atoms with Gasteiger partial charge in [0.25, 0.3) is 10.0 Å². The van der Waals surface area contributed by atoms with Gasteiger partial charge < -0.3 is 4.74 Å². The van der Waals surface area contributed by atoms with E-state index in [2.05, 4.69) is 20.0 Å². The van der Waals surface area contributed by atoms with E-state index in [1.807, 2.05) is 6.26 Å². The molecule has 0 bridgehead atoms. The molecule has 10 nitrogen and oxygen atoms in total. The molecule has 138 valence electrons. The number of sulfonamides is 1. The molecule has 0 unspecified atom stereocenters. The first-order valence-electron chi connectivity index (χ1n) is 7.38. The summed E-state index contributed by atoms with van der Waals surface area (Å²) in [5, 5.41) is 7.23. The molecule has 1 N–H and O–H groups in total. The van der Waals surface area contributed by atoms with E-state index in [1.165, 1.54) is 11.8 Å². The van der Waals surface area contributed by atoms with E-state index in [1.54, 1.807) is 31.4 Å². The smallest absolute Gasteiger partial charge is 0.353 e. The monoisotopic (exact) mass is 396 g/mol. The zero-order valence-electron chi connectivity index (χ0n) is 14.0. The number of methoxy groups -OCH3 is 1. The summed E-state index contributed by atoms with van der Waals surface area (Å²) in [4.78, 5) is 16.1. The van der Waals surface area contributed by atoms with Gasteiger partial charge in [-0.1, -0.05) is 17.3 Å². The van der Waals surface area contributed by atoms with Crippen molar-refractivity contribution in [2.75, 3.05) is 13.4 Å². The van der Waals surface area contributed by atoms with E-state index < -0.39 is 15.7 Å². The third-order valence-corrected chi connectivity index (χ3v) is 5.34. The molecule has 0 amide bonds. The lowest BCUT2D eigenvalue weighted by atomic mass is 10.2. The van der Waals surface area contributed by atoms with Crippen molar-refractivity contribution in [1.29, 1.82) is 0 Å². The highest BCUT2D eigenvalue weighted by atomic mass is 32.2. The van der Waals surface area contributed by atoms with Crippen molar-refractivity contribution < 1.29 is 13.2 Å². The van der Waals surface area contributed by atoms with Crippen LogP contribution in [0.4, 0.5) is 0 Å². The maximum atomic E-state index is 12.5. The first-order valence-corrected chi connectivity index (χ1v) is 10.3. The van der Waals surface area contributed by atoms with Crippen molar-refractivity contribution in [2.24, 2.45) is 0 Å². The number of nitrogens with zero attached hydrogens (tertiary/aromatic N) is 5. The van der Waals surface area contributed by atoms with Gasteiger partial charge in [-0.2, -0.15) is 4.68 Å². The van der Waals surface area contributed by atoms with Crippen LogP contribution in [-0.2, 0) is 22.4 Å². The van der Waals surface area contributed by atoms with E-state index in [0.29, 0.717) is 11.6 Å². The summed E-state index contributed by atoms with van der Waals surface area (Å²) in [5.74, 6) is 0.978. The average molecular weight is 396 g/mol. The second-order valence-electron chi connectivity index (χ2n) is 5.21. The number of benzene rings is 1. The minimum absolute atomic E-state index is 0.0579. The molecule has 2 heterocycles. The third-order valence-electron chi connectivity index (χ3n) is 3.52. The lowest BCUT2D eigenvalue weighted by Crippen LogP contribution is -2.30. The Morgan fingerprint density at radius 1 is 1.27 bits per heavy atom. The minimum atomic E-state index is -3.97. The van der Waals surface area contributed by atoms with E-state index in [9.17, 15) is 13.2 Å². The highest BCUT2D eigenvalue weighted by Crippen LogP contribution is 2.14. The van der Waals surface area contributed by atoms with E-state index in [-0.39, 0.29) is 17.2 Å². The fourth-order valence-electron chi connectivity index (χ4n) is 2.20. The van der Waals surface area contributed by atoms with Gasteiger partial charge >= 0.3 is 5.69 Å². The number of thioether (sulfide) groups is 1. The number of aromatic nitrogens is 5. The van der Waals surface area contributed by atoms with Crippen LogP contribution in [0.5, 0.6) is 5.75 Å². The number of rotatable bonds is 7. The van der Waals surface area contributed by atoms with Crippen LogP contribution in [0.15, 0.2) is 40.4 Å². The number of nitrogens with one attached hydrogen (secondary N) is 1. The van der Waals surface area contributed by atoms with Gasteiger partial charge in [0.15, 0.2) is 0 Å². The van der Waals surface area contributed by atoms with Crippen LogP contribution >= 0.6 is 11.8 Å². The number of imidazole rings is 1. The maximum absolute atomic E-state index is 12.5. The Labute approximate surface area is 153 Å². The Bertz CT molecular complexity index is 1080. The quantitative estimate of drug-likeness (QED) is 0.597. The van der Waals surface area contributed by atoms with E-state index in [4.69, 9.17) is 4.74 Å². The molecule has 0 radical (unpaired) electrons. The fourth-order valence-corrected chi connectivity index (χ4v) is 3.66. The second-order valence-corrected chi connectivity index (χ2v) is 7.72. The van der Waals surface area contributed by atoms with Crippen molar-refractivity contribution in [3.05, 3.63) is 46.6 Å². The van der Waals surface area contributed by atoms with Gasteiger partial charge in [-0.15, -0.1) is 16.9 Å². The number of hydrogen-bond acceptors (Lipinski definition) is 8. The predicted molar refractivity (Wildman–Crippen MR) is 95.6 cm³/mol. The van der Waals surface area contributed by atoms with Crippen LogP contribution in [0, 0.1) is 0 Å². The van der Waals surface area contributed by atoms with Crippen molar-refractivity contribution in [3.63, 3.8) is 0 Å². The molecule has 0 aliphatic carbocycles. The summed E-state index contributed by atoms with van der Waals surface area (Å²) in [6.07, 6.45) is 2.94. The van der Waals surface area contributed by atoms with E-state index in [0.717, 1.165) is 21.0 Å². The van der Waals surface area contributed by atoms with Gasteiger partial charge in [0.1, 0.15) is 12.1 Å². The molecule has 1 aromatic carbocycles. The van der Waals surface area contributed by atoms with Crippen LogP contribution < -0.4 is 15.1 Å². The zero-order valence-corrected chi connectivity index (χ0v) is 15.6. The van der Waals surface area contributed by atoms with Crippen LogP contribution in [0.25, 0.3) is 5.65 Å². The number of hydrogen-bond donors (Lipinski definition) is 1. The summed E-state index contributed by atoms with van der Waals surface area (Å²) in [6.45, 7) is 0.0579. The van der Waals surface area contributed by atoms with Crippen LogP contribution in [0.3, 0.4) is 0 Å². The van der Waals surface area contributed by atoms with Crippen molar-refractivity contribution in [1.82, 2.24) is 29.1 Å². The van der Waals surface area contributed by atoms with Crippen LogP contribution in [0.1, 0.15) is 5.56 Å². The largest absolute Gasteiger partial charge is 0.497 e. The molecule has 0 saturated heterocycles. The second kappa shape index (κ2) is 7.43. The molecule has 0 atom stereocenters. The zero-order chi connectivity index (χ0) is 18.7. The average Bonchev–Trinajstić information content (AvgIpc) is 3.09. The molecule has 0 fully saturated rings. The summed E-state index contributed by atoms with van der Waals surface area (Å²) in [5.41, 5.74) is 0.120. The van der Waals surface area contributed by atoms with Gasteiger partial charge in [-0.05, 0) is 24.0 Å². The lowest BCUT2D eigenvalue weighted by molar-refractivity contribution is 0.414. The first kappa shape index (κ1) is 18.4. The minimum Gasteiger partial charge on any atom is -0.497 e. The van der Waals surface area contributed by atoms with Crippen molar-refractivity contribution >= 4 is 27.4 Å². The molecule has 0 aliphatic heterocycles. The van der Waals surface area contributed by atoms with Gasteiger partial charge in [0, 0.05) is 6.54 Å². The van der Waals surface area contributed by atoms with Gasteiger partial charge in [-0.3, -0.25) is 0 Å². The topological polar surface area (TPSA) is 120 Å². The van der Waals surface area contributed by atoms with Gasteiger partial charge in [0.2, 0.25) is 10.7 Å². The molecule has 2 aromatic heterocycles. The molecular weight excluding hydrogens is 380 g/mol. The summed E-state index contributed by atoms with van der Waals surface area (Å²) < 4.78 is 34.8. The maximum Gasteiger partial charge on any atom is 0.353 e. The van der Waals surface area contributed by atoms with Gasteiger partial charge in [0.05, 0.1) is 13.0 Å². The Balaban J connectivity index is 1.87. The first-order chi connectivity index (χ1) is 12.5. The molecule has 0 spiro atoms. The standard InChI is InChI=1S/C14H16N6O4S2/c1-24-11-5-3-10(4-6-11)7-16-26(22,23)13-12-17-18-20(9-25-2)14(21)19(12)8-15-13/h3-6,8,16H,7,9H2,1-2H3. The molecule has 26 heavy (non-hydrogen) atoms. The Morgan fingerprint density at radius 2 is 2.00 bits per heavy atom. The highest BCUT2D eigenvalue weighted by molar-refractivity contribution is 7.97. The molecule has 0 aliphatic rings. The summed E-state index contributed by atoms with van der Waals surface area (Å²) in [6, 6.07) is 6.95. The number of ether oxygens (including phenoxy) is 1. The third kappa shape index (κ3) is 3.57. The fraction of sp³-hybridized carbons (Fsp3) is 0.286. The molecule has 3 aromatic rings. The normalized spacial score (nSPS) is 11.8. The Morgan fingerprint density at radius 3 is 2.65 bits per heavy atom. The SMILES string of the molecule is COc1ccc(CNS(=O)(=O)c2ncn3c(=O)n(CSC)nnc23)cc1. The van der Waals surface area contributed by atoms with Gasteiger partial charge in [-0.25, -0.2) is 27.3 Å². The molecule has 12 heteroatoms. The van der Waals surface area contributed by atoms with Crippen LogP contribution in [0.2, 0.25) is 0 Å². The predicted octanol–water partition coefficient (Wildman–Crippen LogP) is 0.0936. The summed E-state index contributed by atoms with van der Waals surface area (Å²) >= 11 is 1.39.